The summed E-state index contributed by atoms with van der Waals surface area (Å²) in [5.74, 6) is 0. The van der Waals surface area contributed by atoms with Crippen LogP contribution in [-0.4, -0.2) is 17.3 Å². The molecule has 0 bridgehead atoms. The fourth-order valence-corrected chi connectivity index (χ4v) is 1.65. The lowest BCUT2D eigenvalue weighted by atomic mass is 9.95. The van der Waals surface area contributed by atoms with Crippen LogP contribution in [0.2, 0.25) is 0 Å². The highest BCUT2D eigenvalue weighted by Crippen LogP contribution is 2.29. The third kappa shape index (κ3) is 3.33. The van der Waals surface area contributed by atoms with Crippen molar-refractivity contribution in [2.75, 3.05) is 6.61 Å². The quantitative estimate of drug-likeness (QED) is 0.827. The summed E-state index contributed by atoms with van der Waals surface area (Å²) in [7, 11) is 0. The molecule has 84 valence electrons. The fraction of sp³-hybridized carbons (Fsp3) is 0.538. The molecule has 0 aliphatic heterocycles. The summed E-state index contributed by atoms with van der Waals surface area (Å²) in [4.78, 5) is 0. The van der Waals surface area contributed by atoms with Gasteiger partial charge in [-0.25, -0.2) is 0 Å². The first kappa shape index (κ1) is 12.2. The minimum Gasteiger partial charge on any atom is -0.393 e. The van der Waals surface area contributed by atoms with Crippen LogP contribution in [0.15, 0.2) is 30.3 Å². The number of aliphatic hydroxyl groups excluding tert-OH is 1. The van der Waals surface area contributed by atoms with Crippen molar-refractivity contribution in [3.8, 4) is 0 Å². The van der Waals surface area contributed by atoms with Crippen molar-refractivity contribution >= 4 is 0 Å². The first-order valence-corrected chi connectivity index (χ1v) is 5.24. The monoisotopic (exact) mass is 208 g/mol. The summed E-state index contributed by atoms with van der Waals surface area (Å²) < 4.78 is 5.91. The molecule has 0 aliphatic carbocycles. The van der Waals surface area contributed by atoms with Crippen LogP contribution < -0.4 is 0 Å². The largest absolute Gasteiger partial charge is 0.393 e. The Balaban J connectivity index is 2.96. The zero-order valence-corrected chi connectivity index (χ0v) is 9.95. The second kappa shape index (κ2) is 4.33. The zero-order chi connectivity index (χ0) is 11.5. The topological polar surface area (TPSA) is 29.5 Å². The third-order valence-corrected chi connectivity index (χ3v) is 2.22. The molecule has 2 heteroatoms. The van der Waals surface area contributed by atoms with Crippen molar-refractivity contribution in [3.63, 3.8) is 0 Å². The van der Waals surface area contributed by atoms with E-state index in [0.717, 1.165) is 5.56 Å². The van der Waals surface area contributed by atoms with Gasteiger partial charge in [-0.15, -0.1) is 0 Å². The molecule has 0 heterocycles. The van der Waals surface area contributed by atoms with Gasteiger partial charge in [0.1, 0.15) is 5.60 Å². The van der Waals surface area contributed by atoms with Gasteiger partial charge >= 0.3 is 0 Å². The first-order valence-electron chi connectivity index (χ1n) is 5.24. The smallest absolute Gasteiger partial charge is 0.114 e. The van der Waals surface area contributed by atoms with Crippen molar-refractivity contribution < 1.29 is 9.84 Å². The molecular formula is C13H20O2. The van der Waals surface area contributed by atoms with Crippen molar-refractivity contribution in [2.45, 2.75) is 38.9 Å². The predicted octanol–water partition coefficient (Wildman–Crippen LogP) is 2.71. The van der Waals surface area contributed by atoms with Gasteiger partial charge in [-0.3, -0.25) is 0 Å². The first-order chi connectivity index (χ1) is 6.87. The molecule has 0 radical (unpaired) electrons. The van der Waals surface area contributed by atoms with Gasteiger partial charge in [-0.05, 0) is 33.3 Å². The van der Waals surface area contributed by atoms with E-state index < -0.39 is 5.60 Å². The van der Waals surface area contributed by atoms with Crippen molar-refractivity contribution in [3.05, 3.63) is 35.9 Å². The average Bonchev–Trinajstić information content (AvgIpc) is 2.16. The van der Waals surface area contributed by atoms with Gasteiger partial charge in [0.05, 0.1) is 12.2 Å². The molecule has 0 saturated heterocycles. The van der Waals surface area contributed by atoms with Crippen LogP contribution in [0.5, 0.6) is 0 Å². The number of aliphatic hydroxyl groups is 1. The number of benzene rings is 1. The summed E-state index contributed by atoms with van der Waals surface area (Å²) in [5, 5.41) is 9.48. The number of ether oxygens (including phenoxy) is 1. The molecule has 1 N–H and O–H groups in total. The number of rotatable bonds is 3. The molecule has 0 spiro atoms. The van der Waals surface area contributed by atoms with Crippen LogP contribution in [0.4, 0.5) is 0 Å². The Morgan fingerprint density at radius 3 is 2.00 bits per heavy atom. The van der Waals surface area contributed by atoms with Gasteiger partial charge in [0.15, 0.2) is 0 Å². The van der Waals surface area contributed by atoms with Crippen LogP contribution in [0.3, 0.4) is 0 Å². The van der Waals surface area contributed by atoms with E-state index in [1.54, 1.807) is 0 Å². The minimum atomic E-state index is -0.625. The van der Waals surface area contributed by atoms with Gasteiger partial charge in [0.25, 0.3) is 0 Å². The lowest BCUT2D eigenvalue weighted by Crippen LogP contribution is -2.38. The van der Waals surface area contributed by atoms with Crippen LogP contribution in [0.25, 0.3) is 0 Å². The lowest BCUT2D eigenvalue weighted by molar-refractivity contribution is -0.148. The Labute approximate surface area is 91.9 Å². The maximum atomic E-state index is 9.48. The number of hydrogen-bond donors (Lipinski definition) is 1. The summed E-state index contributed by atoms with van der Waals surface area (Å²) in [6, 6.07) is 9.81. The highest BCUT2D eigenvalue weighted by molar-refractivity contribution is 5.22. The summed E-state index contributed by atoms with van der Waals surface area (Å²) in [6.45, 7) is 7.86. The SMILES string of the molecule is CC(C)(C)OC(C)(CO)c1ccccc1. The highest BCUT2D eigenvalue weighted by atomic mass is 16.5. The molecule has 1 aromatic carbocycles. The van der Waals surface area contributed by atoms with Gasteiger partial charge in [-0.2, -0.15) is 0 Å². The second-order valence-corrected chi connectivity index (χ2v) is 4.97. The van der Waals surface area contributed by atoms with E-state index in [4.69, 9.17) is 4.74 Å². The van der Waals surface area contributed by atoms with E-state index in [2.05, 4.69) is 0 Å². The van der Waals surface area contributed by atoms with E-state index in [0.29, 0.717) is 0 Å². The van der Waals surface area contributed by atoms with Crippen LogP contribution >= 0.6 is 0 Å². The molecule has 1 unspecified atom stereocenters. The second-order valence-electron chi connectivity index (χ2n) is 4.97. The Kier molecular flexibility index (Phi) is 3.53. The fourth-order valence-electron chi connectivity index (χ4n) is 1.65. The average molecular weight is 208 g/mol. The van der Waals surface area contributed by atoms with Gasteiger partial charge in [0, 0.05) is 0 Å². The molecule has 0 fully saturated rings. The lowest BCUT2D eigenvalue weighted by Gasteiger charge is -2.35. The van der Waals surface area contributed by atoms with Gasteiger partial charge < -0.3 is 9.84 Å². The van der Waals surface area contributed by atoms with E-state index >= 15 is 0 Å². The molecule has 1 aromatic rings. The summed E-state index contributed by atoms with van der Waals surface area (Å²) in [5.41, 5.74) is 0.106. The van der Waals surface area contributed by atoms with Crippen LogP contribution in [0.1, 0.15) is 33.3 Å². The standard InChI is InChI=1S/C13H20O2/c1-12(2,3)15-13(4,10-14)11-8-6-5-7-9-11/h5-9,14H,10H2,1-4H3. The molecule has 0 saturated carbocycles. The molecule has 1 atom stereocenters. The normalized spacial score (nSPS) is 16.1. The highest BCUT2D eigenvalue weighted by Gasteiger charge is 2.31. The predicted molar refractivity (Wildman–Crippen MR) is 61.7 cm³/mol. The Morgan fingerprint density at radius 1 is 1.07 bits per heavy atom. The van der Waals surface area contributed by atoms with Crippen LogP contribution in [0, 0.1) is 0 Å². The van der Waals surface area contributed by atoms with Gasteiger partial charge in [0.2, 0.25) is 0 Å². The molecule has 0 aromatic heterocycles. The Hall–Kier alpha value is -0.860. The molecule has 2 nitrogen and oxygen atoms in total. The minimum absolute atomic E-state index is 0.0196. The van der Waals surface area contributed by atoms with Crippen molar-refractivity contribution in [2.24, 2.45) is 0 Å². The molecule has 1 rings (SSSR count). The number of hydrogen-bond acceptors (Lipinski definition) is 2. The maximum Gasteiger partial charge on any atom is 0.114 e. The van der Waals surface area contributed by atoms with E-state index in [-0.39, 0.29) is 12.2 Å². The van der Waals surface area contributed by atoms with Crippen molar-refractivity contribution in [1.29, 1.82) is 0 Å². The molecule has 0 aliphatic rings. The Bertz CT molecular complexity index is 300. The van der Waals surface area contributed by atoms with Crippen LogP contribution in [-0.2, 0) is 10.3 Å². The van der Waals surface area contributed by atoms with E-state index in [1.165, 1.54) is 0 Å². The molecular weight excluding hydrogens is 188 g/mol. The third-order valence-electron chi connectivity index (χ3n) is 2.22. The summed E-state index contributed by atoms with van der Waals surface area (Å²) >= 11 is 0. The Morgan fingerprint density at radius 2 is 1.60 bits per heavy atom. The molecule has 15 heavy (non-hydrogen) atoms. The maximum absolute atomic E-state index is 9.48. The zero-order valence-electron chi connectivity index (χ0n) is 9.95. The summed E-state index contributed by atoms with van der Waals surface area (Å²) in [6.07, 6.45) is 0. The van der Waals surface area contributed by atoms with Gasteiger partial charge in [-0.1, -0.05) is 30.3 Å². The molecule has 0 amide bonds. The van der Waals surface area contributed by atoms with Crippen molar-refractivity contribution in [1.82, 2.24) is 0 Å². The van der Waals surface area contributed by atoms with E-state index in [9.17, 15) is 5.11 Å². The van der Waals surface area contributed by atoms with E-state index in [1.807, 2.05) is 58.0 Å².